The van der Waals surface area contributed by atoms with E-state index < -0.39 is 0 Å². The van der Waals surface area contributed by atoms with Gasteiger partial charge in [-0.2, -0.15) is 0 Å². The Labute approximate surface area is 306 Å². The maximum atomic E-state index is 6.43. The van der Waals surface area contributed by atoms with Gasteiger partial charge >= 0.3 is 0 Å². The number of para-hydroxylation sites is 4. The lowest BCUT2D eigenvalue weighted by Gasteiger charge is -2.28. The predicted molar refractivity (Wildman–Crippen MR) is 223 cm³/mol. The highest BCUT2D eigenvalue weighted by Gasteiger charge is 2.19. The smallest absolute Gasteiger partial charge is 0.143 e. The molecule has 2 heterocycles. The van der Waals surface area contributed by atoms with Crippen LogP contribution >= 0.6 is 0 Å². The van der Waals surface area contributed by atoms with E-state index >= 15 is 0 Å². The fourth-order valence-electron chi connectivity index (χ4n) is 8.37. The standard InChI is InChI=1S/C50H32N2O/c1-2-13-39-33(11-1)23-24-35-12-9-21-47(49(35)39)51(36-27-25-34(26-28-36)40-17-10-18-44-43-16-5-8-22-48(43)53-50(40)44)37-29-31-38(32-30-37)52-45-19-6-3-14-41(45)42-15-4-7-20-46(42)52/h1-32H. The summed E-state index contributed by atoms with van der Waals surface area (Å²) in [6.07, 6.45) is 0. The van der Waals surface area contributed by atoms with Crippen molar-refractivity contribution in [3.8, 4) is 16.8 Å². The lowest BCUT2D eigenvalue weighted by Crippen LogP contribution is -2.11. The number of benzene rings is 9. The zero-order chi connectivity index (χ0) is 34.9. The molecular formula is C50H32N2O. The number of anilines is 3. The monoisotopic (exact) mass is 676 g/mol. The summed E-state index contributed by atoms with van der Waals surface area (Å²) >= 11 is 0. The Hall–Kier alpha value is -7.10. The topological polar surface area (TPSA) is 21.3 Å². The van der Waals surface area contributed by atoms with E-state index in [0.717, 1.165) is 55.8 Å². The van der Waals surface area contributed by atoms with Crippen molar-refractivity contribution >= 4 is 82.4 Å². The number of furan rings is 1. The van der Waals surface area contributed by atoms with Gasteiger partial charge in [-0.1, -0.05) is 133 Å². The molecule has 0 N–H and O–H groups in total. The van der Waals surface area contributed by atoms with Crippen molar-refractivity contribution in [2.24, 2.45) is 0 Å². The Morgan fingerprint density at radius 2 is 0.962 bits per heavy atom. The molecule has 3 heteroatoms. The number of nitrogens with zero attached hydrogens (tertiary/aromatic N) is 2. The second kappa shape index (κ2) is 11.7. The number of rotatable bonds is 5. The summed E-state index contributed by atoms with van der Waals surface area (Å²) in [5.74, 6) is 0. The van der Waals surface area contributed by atoms with Crippen LogP contribution in [0.15, 0.2) is 199 Å². The highest BCUT2D eigenvalue weighted by atomic mass is 16.3. The van der Waals surface area contributed by atoms with Crippen molar-refractivity contribution in [2.75, 3.05) is 4.90 Å². The third-order valence-electron chi connectivity index (χ3n) is 10.8. The van der Waals surface area contributed by atoms with Crippen LogP contribution in [0.5, 0.6) is 0 Å². The summed E-state index contributed by atoms with van der Waals surface area (Å²) in [7, 11) is 0. The molecule has 11 aromatic rings. The van der Waals surface area contributed by atoms with Gasteiger partial charge in [-0.15, -0.1) is 0 Å². The highest BCUT2D eigenvalue weighted by Crippen LogP contribution is 2.43. The minimum absolute atomic E-state index is 0.908. The van der Waals surface area contributed by atoms with Crippen LogP contribution in [0.3, 0.4) is 0 Å². The summed E-state index contributed by atoms with van der Waals surface area (Å²) in [6.45, 7) is 0. The molecule has 0 saturated heterocycles. The van der Waals surface area contributed by atoms with Gasteiger partial charge < -0.3 is 13.9 Å². The summed E-state index contributed by atoms with van der Waals surface area (Å²) in [6, 6.07) is 69.8. The van der Waals surface area contributed by atoms with E-state index in [9.17, 15) is 0 Å². The van der Waals surface area contributed by atoms with Crippen molar-refractivity contribution < 1.29 is 4.42 Å². The molecule has 248 valence electrons. The van der Waals surface area contributed by atoms with Gasteiger partial charge in [0, 0.05) is 49.6 Å². The predicted octanol–water partition coefficient (Wildman–Crippen LogP) is 14.1. The van der Waals surface area contributed by atoms with Gasteiger partial charge in [-0.3, -0.25) is 0 Å². The van der Waals surface area contributed by atoms with E-state index in [1.54, 1.807) is 0 Å². The van der Waals surface area contributed by atoms with Crippen molar-refractivity contribution in [1.29, 1.82) is 0 Å². The highest BCUT2D eigenvalue weighted by molar-refractivity contribution is 6.15. The molecular weight excluding hydrogens is 645 g/mol. The minimum Gasteiger partial charge on any atom is -0.455 e. The molecule has 0 atom stereocenters. The van der Waals surface area contributed by atoms with Gasteiger partial charge in [0.1, 0.15) is 11.2 Å². The Balaban J connectivity index is 1.09. The van der Waals surface area contributed by atoms with Crippen LogP contribution in [0.1, 0.15) is 0 Å². The van der Waals surface area contributed by atoms with Gasteiger partial charge in [-0.05, 0) is 82.4 Å². The Morgan fingerprint density at radius 3 is 1.72 bits per heavy atom. The fourth-order valence-corrected chi connectivity index (χ4v) is 8.37. The summed E-state index contributed by atoms with van der Waals surface area (Å²) in [4.78, 5) is 2.40. The molecule has 0 spiro atoms. The van der Waals surface area contributed by atoms with Gasteiger partial charge in [0.15, 0.2) is 0 Å². The maximum absolute atomic E-state index is 6.43. The molecule has 0 unspecified atom stereocenters. The number of aromatic nitrogens is 1. The number of hydrogen-bond acceptors (Lipinski definition) is 2. The van der Waals surface area contributed by atoms with E-state index in [1.165, 1.54) is 43.4 Å². The molecule has 0 amide bonds. The first kappa shape index (κ1) is 29.6. The van der Waals surface area contributed by atoms with Crippen LogP contribution in [0.4, 0.5) is 17.1 Å². The second-order valence-corrected chi connectivity index (χ2v) is 13.7. The van der Waals surface area contributed by atoms with Crippen LogP contribution in [-0.2, 0) is 0 Å². The van der Waals surface area contributed by atoms with Gasteiger partial charge in [0.25, 0.3) is 0 Å². The largest absolute Gasteiger partial charge is 0.455 e. The molecule has 0 aliphatic rings. The molecule has 11 rings (SSSR count). The van der Waals surface area contributed by atoms with Gasteiger partial charge in [-0.25, -0.2) is 0 Å². The molecule has 9 aromatic carbocycles. The molecule has 53 heavy (non-hydrogen) atoms. The van der Waals surface area contributed by atoms with Crippen LogP contribution in [0.25, 0.3) is 82.1 Å². The average molecular weight is 677 g/mol. The number of fused-ring (bicyclic) bond motifs is 9. The molecule has 0 aliphatic carbocycles. The Bertz CT molecular complexity index is 3110. The normalized spacial score (nSPS) is 11.8. The first-order valence-corrected chi connectivity index (χ1v) is 18.1. The molecule has 0 radical (unpaired) electrons. The van der Waals surface area contributed by atoms with Crippen LogP contribution in [0, 0.1) is 0 Å². The lowest BCUT2D eigenvalue weighted by atomic mass is 9.98. The van der Waals surface area contributed by atoms with Crippen LogP contribution < -0.4 is 4.90 Å². The summed E-state index contributed by atoms with van der Waals surface area (Å²) < 4.78 is 8.80. The number of hydrogen-bond donors (Lipinski definition) is 0. The third-order valence-corrected chi connectivity index (χ3v) is 10.8. The third kappa shape index (κ3) is 4.61. The van der Waals surface area contributed by atoms with Crippen molar-refractivity contribution in [1.82, 2.24) is 4.57 Å². The van der Waals surface area contributed by atoms with E-state index in [1.807, 2.05) is 12.1 Å². The zero-order valence-electron chi connectivity index (χ0n) is 28.8. The maximum Gasteiger partial charge on any atom is 0.143 e. The lowest BCUT2D eigenvalue weighted by molar-refractivity contribution is 0.670. The molecule has 0 aliphatic heterocycles. The second-order valence-electron chi connectivity index (χ2n) is 13.7. The van der Waals surface area contributed by atoms with Crippen molar-refractivity contribution in [3.63, 3.8) is 0 Å². The molecule has 0 fully saturated rings. The molecule has 0 bridgehead atoms. The fraction of sp³-hybridized carbons (Fsp3) is 0. The molecule has 2 aromatic heterocycles. The van der Waals surface area contributed by atoms with Gasteiger partial charge in [0.2, 0.25) is 0 Å². The van der Waals surface area contributed by atoms with Gasteiger partial charge in [0.05, 0.1) is 16.7 Å². The SMILES string of the molecule is c1ccc2c(c1)ccc1cccc(N(c3ccc(-c4cccc5c4oc4ccccc45)cc3)c3ccc(-n4c5ccccc5c5ccccc54)cc3)c12. The van der Waals surface area contributed by atoms with E-state index in [0.29, 0.717) is 0 Å². The Morgan fingerprint density at radius 1 is 0.396 bits per heavy atom. The molecule has 3 nitrogen and oxygen atoms in total. The van der Waals surface area contributed by atoms with E-state index in [4.69, 9.17) is 4.42 Å². The Kier molecular flexibility index (Phi) is 6.55. The van der Waals surface area contributed by atoms with Crippen LogP contribution in [0.2, 0.25) is 0 Å². The quantitative estimate of drug-likeness (QED) is 0.169. The first-order valence-electron chi connectivity index (χ1n) is 18.1. The molecule has 0 saturated carbocycles. The zero-order valence-corrected chi connectivity index (χ0v) is 28.8. The first-order chi connectivity index (χ1) is 26.3. The minimum atomic E-state index is 0.908. The summed E-state index contributed by atoms with van der Waals surface area (Å²) in [5.41, 5.74) is 10.9. The van der Waals surface area contributed by atoms with Crippen molar-refractivity contribution in [3.05, 3.63) is 194 Å². The van der Waals surface area contributed by atoms with Crippen LogP contribution in [-0.4, -0.2) is 4.57 Å². The average Bonchev–Trinajstić information content (AvgIpc) is 3.78. The summed E-state index contributed by atoms with van der Waals surface area (Å²) in [5, 5.41) is 9.69. The van der Waals surface area contributed by atoms with E-state index in [-0.39, 0.29) is 0 Å². The van der Waals surface area contributed by atoms with Crippen molar-refractivity contribution in [2.45, 2.75) is 0 Å². The van der Waals surface area contributed by atoms with E-state index in [2.05, 4.69) is 191 Å².